The molecule has 0 saturated carbocycles. The molecule has 4 aromatic rings. The van der Waals surface area contributed by atoms with Gasteiger partial charge in [0.1, 0.15) is 28.7 Å². The summed E-state index contributed by atoms with van der Waals surface area (Å²) in [6, 6.07) is 20.4. The van der Waals surface area contributed by atoms with Gasteiger partial charge in [0.05, 0.1) is 11.6 Å². The van der Waals surface area contributed by atoms with E-state index in [4.69, 9.17) is 16.0 Å². The number of halogens is 3. The van der Waals surface area contributed by atoms with Crippen LogP contribution in [0.4, 0.5) is 8.78 Å². The van der Waals surface area contributed by atoms with E-state index in [-0.39, 0.29) is 11.3 Å². The maximum absolute atomic E-state index is 14.9. The third-order valence-corrected chi connectivity index (χ3v) is 6.39. The Morgan fingerprint density at radius 1 is 0.974 bits per heavy atom. The minimum atomic E-state index is -2.23. The molecular formula is C29H22ClF2N3O3. The first-order valence-electron chi connectivity index (χ1n) is 11.5. The fourth-order valence-corrected chi connectivity index (χ4v) is 4.30. The van der Waals surface area contributed by atoms with Gasteiger partial charge >= 0.3 is 0 Å². The fraction of sp³-hybridized carbons (Fsp3) is 0.138. The molecule has 9 heteroatoms. The molecule has 0 aliphatic rings. The van der Waals surface area contributed by atoms with Crippen molar-refractivity contribution in [2.75, 3.05) is 0 Å². The van der Waals surface area contributed by atoms with E-state index in [1.54, 1.807) is 37.3 Å². The first kappa shape index (κ1) is 26.6. The summed E-state index contributed by atoms with van der Waals surface area (Å²) in [7, 11) is 0. The molecule has 1 aromatic heterocycles. The molecule has 0 radical (unpaired) electrons. The summed E-state index contributed by atoms with van der Waals surface area (Å²) in [4.78, 5) is 26.8. The van der Waals surface area contributed by atoms with Crippen molar-refractivity contribution in [3.63, 3.8) is 0 Å². The van der Waals surface area contributed by atoms with E-state index in [1.807, 2.05) is 18.2 Å². The number of furan rings is 1. The summed E-state index contributed by atoms with van der Waals surface area (Å²) in [5.41, 5.74) is -1.27. The van der Waals surface area contributed by atoms with Gasteiger partial charge in [-0.2, -0.15) is 5.26 Å². The Labute approximate surface area is 222 Å². The Morgan fingerprint density at radius 2 is 1.63 bits per heavy atom. The van der Waals surface area contributed by atoms with Crippen LogP contribution >= 0.6 is 11.6 Å². The van der Waals surface area contributed by atoms with Crippen molar-refractivity contribution in [1.29, 1.82) is 5.26 Å². The molecule has 1 heterocycles. The number of carbonyl (C=O) groups excluding carboxylic acids is 2. The van der Waals surface area contributed by atoms with Crippen molar-refractivity contribution in [1.82, 2.24) is 10.6 Å². The van der Waals surface area contributed by atoms with Crippen LogP contribution in [-0.4, -0.2) is 11.8 Å². The number of nitriles is 1. The fourth-order valence-electron chi connectivity index (χ4n) is 4.06. The molecule has 3 aromatic carbocycles. The number of aryl methyl sites for hydroxylation is 1. The van der Waals surface area contributed by atoms with E-state index >= 15 is 0 Å². The summed E-state index contributed by atoms with van der Waals surface area (Å²) in [6.07, 6.45) is 0. The Morgan fingerprint density at radius 3 is 2.21 bits per heavy atom. The molecule has 2 atom stereocenters. The van der Waals surface area contributed by atoms with Gasteiger partial charge in [0.2, 0.25) is 0 Å². The predicted molar refractivity (Wildman–Crippen MR) is 138 cm³/mol. The van der Waals surface area contributed by atoms with Gasteiger partial charge in [0.25, 0.3) is 11.8 Å². The molecule has 4 rings (SSSR count). The normalized spacial score (nSPS) is 13.2. The molecule has 0 aliphatic heterocycles. The number of hydrogen-bond acceptors (Lipinski definition) is 4. The van der Waals surface area contributed by atoms with E-state index in [2.05, 4.69) is 10.6 Å². The van der Waals surface area contributed by atoms with Crippen molar-refractivity contribution in [2.45, 2.75) is 25.4 Å². The number of carbonyl (C=O) groups is 2. The standard InChI is InChI=1S/C29H22ClF2N3O3/c1-17-10-15-25(38-17)24(16-33)34-28(37)29(2,26-22(31)8-5-9-23(26)32)35-27(36)19-13-11-18(12-14-19)20-6-3-4-7-21(20)30/h3-15,24H,1-2H3,(H,34,37)(H,35,36)/t24?,29-/m0/s1. The van der Waals surface area contributed by atoms with Crippen LogP contribution in [-0.2, 0) is 10.3 Å². The Balaban J connectivity index is 1.67. The van der Waals surface area contributed by atoms with Gasteiger partial charge in [-0.15, -0.1) is 0 Å². The SMILES string of the molecule is Cc1ccc(C(C#N)NC(=O)[C@@](C)(NC(=O)c2ccc(-c3ccccc3Cl)cc2)c2c(F)cccc2F)o1. The molecule has 0 saturated heterocycles. The lowest BCUT2D eigenvalue weighted by Gasteiger charge is -2.31. The monoisotopic (exact) mass is 533 g/mol. The summed E-state index contributed by atoms with van der Waals surface area (Å²) in [5, 5.41) is 15.0. The highest BCUT2D eigenvalue weighted by atomic mass is 35.5. The average molecular weight is 534 g/mol. The van der Waals surface area contributed by atoms with Crippen LogP contribution in [0.5, 0.6) is 0 Å². The molecular weight excluding hydrogens is 512 g/mol. The Hall–Kier alpha value is -4.48. The molecule has 0 aliphatic carbocycles. The van der Waals surface area contributed by atoms with E-state index in [0.29, 0.717) is 10.8 Å². The first-order valence-corrected chi connectivity index (χ1v) is 11.9. The van der Waals surface area contributed by atoms with Crippen molar-refractivity contribution in [2.24, 2.45) is 0 Å². The van der Waals surface area contributed by atoms with Crippen molar-refractivity contribution in [3.8, 4) is 17.2 Å². The minimum Gasteiger partial charge on any atom is -0.463 e. The zero-order chi connectivity index (χ0) is 27.4. The second kappa shape index (κ2) is 10.9. The molecule has 2 N–H and O–H groups in total. The highest BCUT2D eigenvalue weighted by molar-refractivity contribution is 6.33. The number of benzene rings is 3. The summed E-state index contributed by atoms with van der Waals surface area (Å²) in [6.45, 7) is 2.83. The maximum Gasteiger partial charge on any atom is 0.252 e. The Bertz CT molecular complexity index is 1530. The quantitative estimate of drug-likeness (QED) is 0.295. The van der Waals surface area contributed by atoms with E-state index in [9.17, 15) is 23.6 Å². The van der Waals surface area contributed by atoms with Crippen LogP contribution in [0.2, 0.25) is 5.02 Å². The number of nitrogens with zero attached hydrogens (tertiary/aromatic N) is 1. The topological polar surface area (TPSA) is 95.1 Å². The lowest BCUT2D eigenvalue weighted by atomic mass is 9.88. The molecule has 0 spiro atoms. The van der Waals surface area contributed by atoms with Crippen LogP contribution in [0, 0.1) is 29.9 Å². The Kier molecular flexibility index (Phi) is 7.60. The van der Waals surface area contributed by atoms with Gasteiger partial charge in [-0.3, -0.25) is 9.59 Å². The van der Waals surface area contributed by atoms with Crippen molar-refractivity contribution in [3.05, 3.63) is 118 Å². The molecule has 6 nitrogen and oxygen atoms in total. The predicted octanol–water partition coefficient (Wildman–Crippen LogP) is 6.21. The van der Waals surface area contributed by atoms with Crippen LogP contribution in [0.25, 0.3) is 11.1 Å². The van der Waals surface area contributed by atoms with E-state index < -0.39 is 40.6 Å². The zero-order valence-electron chi connectivity index (χ0n) is 20.4. The van der Waals surface area contributed by atoms with Crippen LogP contribution in [0.3, 0.4) is 0 Å². The largest absolute Gasteiger partial charge is 0.463 e. The number of nitrogens with one attached hydrogen (secondary N) is 2. The van der Waals surface area contributed by atoms with E-state index in [1.165, 1.54) is 25.1 Å². The lowest BCUT2D eigenvalue weighted by molar-refractivity contribution is -0.127. The minimum absolute atomic E-state index is 0.134. The van der Waals surface area contributed by atoms with Crippen molar-refractivity contribution < 1.29 is 22.8 Å². The van der Waals surface area contributed by atoms with Crippen LogP contribution in [0.15, 0.2) is 83.3 Å². The maximum atomic E-state index is 14.9. The van der Waals surface area contributed by atoms with Gasteiger partial charge < -0.3 is 15.1 Å². The smallest absolute Gasteiger partial charge is 0.252 e. The molecule has 192 valence electrons. The third-order valence-electron chi connectivity index (χ3n) is 6.06. The highest BCUT2D eigenvalue weighted by Crippen LogP contribution is 2.30. The number of hydrogen-bond donors (Lipinski definition) is 2. The van der Waals surface area contributed by atoms with Gasteiger partial charge in [0.15, 0.2) is 6.04 Å². The number of amides is 2. The summed E-state index contributed by atoms with van der Waals surface area (Å²) >= 11 is 6.26. The lowest BCUT2D eigenvalue weighted by Crippen LogP contribution is -2.55. The van der Waals surface area contributed by atoms with Gasteiger partial charge in [-0.25, -0.2) is 8.78 Å². The zero-order valence-corrected chi connectivity index (χ0v) is 21.1. The second-order valence-corrected chi connectivity index (χ2v) is 9.12. The van der Waals surface area contributed by atoms with Gasteiger partial charge in [-0.05, 0) is 61.9 Å². The van der Waals surface area contributed by atoms with Gasteiger partial charge in [-0.1, -0.05) is 48.0 Å². The number of rotatable bonds is 7. The molecule has 0 fully saturated rings. The van der Waals surface area contributed by atoms with Crippen molar-refractivity contribution >= 4 is 23.4 Å². The average Bonchev–Trinajstić information content (AvgIpc) is 3.33. The highest BCUT2D eigenvalue weighted by Gasteiger charge is 2.42. The van der Waals surface area contributed by atoms with Crippen LogP contribution < -0.4 is 10.6 Å². The molecule has 38 heavy (non-hydrogen) atoms. The van der Waals surface area contributed by atoms with E-state index in [0.717, 1.165) is 29.3 Å². The molecule has 1 unspecified atom stereocenters. The molecule has 2 amide bonds. The summed E-state index contributed by atoms with van der Waals surface area (Å²) in [5.74, 6) is -3.22. The third kappa shape index (κ3) is 5.29. The second-order valence-electron chi connectivity index (χ2n) is 8.72. The van der Waals surface area contributed by atoms with Crippen LogP contribution in [0.1, 0.15) is 40.4 Å². The van der Waals surface area contributed by atoms with Gasteiger partial charge in [0, 0.05) is 16.1 Å². The molecule has 0 bridgehead atoms. The summed E-state index contributed by atoms with van der Waals surface area (Å²) < 4.78 is 35.3. The first-order chi connectivity index (χ1) is 18.1.